The van der Waals surface area contributed by atoms with Crippen molar-refractivity contribution in [2.75, 3.05) is 17.4 Å². The minimum Gasteiger partial charge on any atom is -0.354 e. The van der Waals surface area contributed by atoms with Crippen LogP contribution in [-0.4, -0.2) is 44.3 Å². The summed E-state index contributed by atoms with van der Waals surface area (Å²) in [6, 6.07) is 17.7. The minimum absolute atomic E-state index is 0.00369. The molecule has 2 amide bonds. The molecule has 0 aliphatic rings. The van der Waals surface area contributed by atoms with Crippen LogP contribution in [0.2, 0.25) is 10.0 Å². The number of halogens is 2. The summed E-state index contributed by atoms with van der Waals surface area (Å²) >= 11 is 12.6. The third kappa shape index (κ3) is 8.27. The number of aryl methyl sites for hydroxylation is 2. The summed E-state index contributed by atoms with van der Waals surface area (Å²) in [6.07, 6.45) is 0.876. The van der Waals surface area contributed by atoms with E-state index in [1.165, 1.54) is 17.0 Å². The lowest BCUT2D eigenvalue weighted by Crippen LogP contribution is -2.52. The van der Waals surface area contributed by atoms with E-state index < -0.39 is 28.5 Å². The lowest BCUT2D eigenvalue weighted by atomic mass is 10.1. The van der Waals surface area contributed by atoms with Crippen molar-refractivity contribution in [2.45, 2.75) is 64.9 Å². The van der Waals surface area contributed by atoms with Crippen molar-refractivity contribution in [1.29, 1.82) is 0 Å². The van der Waals surface area contributed by atoms with Gasteiger partial charge in [-0.15, -0.1) is 0 Å². The lowest BCUT2D eigenvalue weighted by Gasteiger charge is -2.34. The molecule has 0 aromatic heterocycles. The molecule has 3 aromatic carbocycles. The second-order valence-electron chi connectivity index (χ2n) is 10.6. The van der Waals surface area contributed by atoms with E-state index in [1.54, 1.807) is 42.5 Å². The third-order valence-corrected chi connectivity index (χ3v) is 9.32. The number of rotatable bonds is 13. The van der Waals surface area contributed by atoms with Gasteiger partial charge in [0.1, 0.15) is 12.6 Å². The molecule has 3 rings (SSSR count). The van der Waals surface area contributed by atoms with Gasteiger partial charge in [0.15, 0.2) is 0 Å². The van der Waals surface area contributed by atoms with Crippen LogP contribution in [0, 0.1) is 12.8 Å². The largest absolute Gasteiger partial charge is 0.354 e. The molecule has 1 N–H and O–H groups in total. The Labute approximate surface area is 259 Å². The normalized spacial score (nSPS) is 12.2. The van der Waals surface area contributed by atoms with Crippen LogP contribution in [0.4, 0.5) is 5.69 Å². The predicted molar refractivity (Wildman–Crippen MR) is 170 cm³/mol. The maximum absolute atomic E-state index is 14.3. The second-order valence-corrected chi connectivity index (χ2v) is 13.3. The number of amides is 2. The molecule has 42 heavy (non-hydrogen) atoms. The standard InChI is InChI=1S/C32H39Cl2N3O4S/c1-6-24-10-8-9-11-30(24)37(42(40,41)27-16-12-23(5)13-17-27)21-31(38)36(20-25-14-15-26(33)18-28(25)34)29(7-2)32(39)35-19-22(3)4/h8-18,22,29H,6-7,19-21H2,1-5H3,(H,35,39)/t29-/m0/s1. The Bertz CT molecular complexity index is 1490. The van der Waals surface area contributed by atoms with Crippen LogP contribution in [-0.2, 0) is 32.6 Å². The van der Waals surface area contributed by atoms with E-state index >= 15 is 0 Å². The average molecular weight is 633 g/mol. The first-order valence-corrected chi connectivity index (χ1v) is 16.3. The molecule has 0 spiro atoms. The summed E-state index contributed by atoms with van der Waals surface area (Å²) in [5.41, 5.74) is 2.69. The number of nitrogens with zero attached hydrogens (tertiary/aromatic N) is 2. The molecule has 0 aliphatic heterocycles. The number of para-hydroxylation sites is 1. The fraction of sp³-hybridized carbons (Fsp3) is 0.375. The fourth-order valence-electron chi connectivity index (χ4n) is 4.58. The SMILES string of the molecule is CCc1ccccc1N(CC(=O)N(Cc1ccc(Cl)cc1Cl)[C@@H](CC)C(=O)NCC(C)C)S(=O)(=O)c1ccc(C)cc1. The summed E-state index contributed by atoms with van der Waals surface area (Å²) in [5, 5.41) is 3.71. The summed E-state index contributed by atoms with van der Waals surface area (Å²) < 4.78 is 29.4. The Hall–Kier alpha value is -3.07. The van der Waals surface area contributed by atoms with Crippen molar-refractivity contribution >= 4 is 50.7 Å². The van der Waals surface area contributed by atoms with E-state index in [9.17, 15) is 18.0 Å². The van der Waals surface area contributed by atoms with Crippen LogP contribution in [0.15, 0.2) is 71.6 Å². The number of sulfonamides is 1. The van der Waals surface area contributed by atoms with Gasteiger partial charge in [-0.1, -0.05) is 92.9 Å². The number of nitrogens with one attached hydrogen (secondary N) is 1. The number of hydrogen-bond acceptors (Lipinski definition) is 4. The first-order valence-electron chi connectivity index (χ1n) is 14.1. The molecule has 0 saturated heterocycles. The predicted octanol–water partition coefficient (Wildman–Crippen LogP) is 6.64. The van der Waals surface area contributed by atoms with Crippen molar-refractivity contribution < 1.29 is 18.0 Å². The van der Waals surface area contributed by atoms with Gasteiger partial charge in [-0.3, -0.25) is 13.9 Å². The highest BCUT2D eigenvalue weighted by Crippen LogP contribution is 2.29. The van der Waals surface area contributed by atoms with Crippen molar-refractivity contribution in [1.82, 2.24) is 10.2 Å². The van der Waals surface area contributed by atoms with E-state index in [4.69, 9.17) is 23.2 Å². The van der Waals surface area contributed by atoms with Gasteiger partial charge in [-0.05, 0) is 67.1 Å². The van der Waals surface area contributed by atoms with Crippen LogP contribution in [0.1, 0.15) is 50.8 Å². The lowest BCUT2D eigenvalue weighted by molar-refractivity contribution is -0.140. The van der Waals surface area contributed by atoms with Gasteiger partial charge in [0.05, 0.1) is 10.6 Å². The molecule has 0 aliphatic carbocycles. The molecule has 226 valence electrons. The molecular formula is C32H39Cl2N3O4S. The van der Waals surface area contributed by atoms with Crippen molar-refractivity contribution in [3.8, 4) is 0 Å². The quantitative estimate of drug-likeness (QED) is 0.229. The third-order valence-electron chi connectivity index (χ3n) is 6.96. The van der Waals surface area contributed by atoms with Crippen molar-refractivity contribution in [2.24, 2.45) is 5.92 Å². The van der Waals surface area contributed by atoms with Crippen molar-refractivity contribution in [3.05, 3.63) is 93.5 Å². The minimum atomic E-state index is -4.15. The highest BCUT2D eigenvalue weighted by atomic mass is 35.5. The molecule has 0 unspecified atom stereocenters. The monoisotopic (exact) mass is 631 g/mol. The molecule has 0 fully saturated rings. The molecule has 10 heteroatoms. The number of hydrogen-bond donors (Lipinski definition) is 1. The number of benzene rings is 3. The Morgan fingerprint density at radius 1 is 0.929 bits per heavy atom. The Morgan fingerprint density at radius 3 is 2.19 bits per heavy atom. The van der Waals surface area contributed by atoms with E-state index in [2.05, 4.69) is 5.32 Å². The van der Waals surface area contributed by atoms with Gasteiger partial charge in [0.25, 0.3) is 10.0 Å². The first-order chi connectivity index (χ1) is 19.9. The maximum atomic E-state index is 14.3. The highest BCUT2D eigenvalue weighted by Gasteiger charge is 2.34. The fourth-order valence-corrected chi connectivity index (χ4v) is 6.50. The first kappa shape index (κ1) is 33.4. The van der Waals surface area contributed by atoms with Gasteiger partial charge < -0.3 is 10.2 Å². The van der Waals surface area contributed by atoms with Gasteiger partial charge >= 0.3 is 0 Å². The summed E-state index contributed by atoms with van der Waals surface area (Å²) in [7, 11) is -4.15. The van der Waals surface area contributed by atoms with Crippen molar-refractivity contribution in [3.63, 3.8) is 0 Å². The molecule has 0 radical (unpaired) electrons. The Morgan fingerprint density at radius 2 is 1.60 bits per heavy atom. The van der Waals surface area contributed by atoms with Gasteiger partial charge in [-0.25, -0.2) is 8.42 Å². The Kier molecular flexibility index (Phi) is 11.9. The zero-order chi connectivity index (χ0) is 31.0. The van der Waals surface area contributed by atoms with E-state index in [1.807, 2.05) is 46.8 Å². The number of anilines is 1. The number of carbonyl (C=O) groups excluding carboxylic acids is 2. The highest BCUT2D eigenvalue weighted by molar-refractivity contribution is 7.92. The summed E-state index contributed by atoms with van der Waals surface area (Å²) in [5.74, 6) is -0.636. The zero-order valence-corrected chi connectivity index (χ0v) is 27.1. The van der Waals surface area contributed by atoms with Crippen LogP contribution in [0.3, 0.4) is 0 Å². The van der Waals surface area contributed by atoms with E-state index in [-0.39, 0.29) is 23.3 Å². The molecule has 0 saturated carbocycles. The summed E-state index contributed by atoms with van der Waals surface area (Å²) in [6.45, 7) is 9.51. The zero-order valence-electron chi connectivity index (χ0n) is 24.7. The average Bonchev–Trinajstić information content (AvgIpc) is 2.95. The van der Waals surface area contributed by atoms with Gasteiger partial charge in [-0.2, -0.15) is 0 Å². The second kappa shape index (κ2) is 14.9. The molecule has 7 nitrogen and oxygen atoms in total. The number of carbonyl (C=O) groups is 2. The molecule has 0 heterocycles. The Balaban J connectivity index is 2.11. The maximum Gasteiger partial charge on any atom is 0.264 e. The summed E-state index contributed by atoms with van der Waals surface area (Å²) in [4.78, 5) is 29.1. The van der Waals surface area contributed by atoms with E-state index in [0.29, 0.717) is 40.7 Å². The van der Waals surface area contributed by atoms with Gasteiger partial charge in [0, 0.05) is 23.1 Å². The van der Waals surface area contributed by atoms with Gasteiger partial charge in [0.2, 0.25) is 11.8 Å². The smallest absolute Gasteiger partial charge is 0.264 e. The van der Waals surface area contributed by atoms with Crippen LogP contribution in [0.25, 0.3) is 0 Å². The van der Waals surface area contributed by atoms with Crippen LogP contribution in [0.5, 0.6) is 0 Å². The molecule has 1 atom stereocenters. The van der Waals surface area contributed by atoms with Crippen LogP contribution < -0.4 is 9.62 Å². The molecular weight excluding hydrogens is 593 g/mol. The molecule has 0 bridgehead atoms. The molecule has 3 aromatic rings. The van der Waals surface area contributed by atoms with E-state index in [0.717, 1.165) is 15.4 Å². The topological polar surface area (TPSA) is 86.8 Å². The van der Waals surface area contributed by atoms with Crippen LogP contribution >= 0.6 is 23.2 Å².